The fraction of sp³-hybridized carbons (Fsp3) is 0.500. The summed E-state index contributed by atoms with van der Waals surface area (Å²) in [6.45, 7) is 3.86. The number of ether oxygens (including phenoxy) is 3. The van der Waals surface area contributed by atoms with Crippen molar-refractivity contribution in [3.05, 3.63) is 28.8 Å². The van der Waals surface area contributed by atoms with Crippen LogP contribution < -0.4 is 4.74 Å². The minimum Gasteiger partial charge on any atom is -0.495 e. The smallest absolute Gasteiger partial charge is 0.156 e. The molecule has 88 valence electrons. The molecule has 1 aromatic carbocycles. The number of hydrogen-bond acceptors (Lipinski definition) is 3. The molecule has 1 fully saturated rings. The standard InChI is InChI=1S/C12H15ClO3/c1-7-12(16-8(2)15-7)9-5-4-6-10(14-3)11(9)13/h4-8,12H,1-3H3/t7-,8-,12-/m1/s1. The van der Waals surface area contributed by atoms with Gasteiger partial charge >= 0.3 is 0 Å². The van der Waals surface area contributed by atoms with Crippen LogP contribution in [-0.2, 0) is 9.47 Å². The Morgan fingerprint density at radius 1 is 1.25 bits per heavy atom. The van der Waals surface area contributed by atoms with E-state index in [2.05, 4.69) is 0 Å². The molecule has 1 saturated heterocycles. The summed E-state index contributed by atoms with van der Waals surface area (Å²) in [5, 5.41) is 0.597. The van der Waals surface area contributed by atoms with Gasteiger partial charge in [-0.1, -0.05) is 23.7 Å². The molecule has 1 aliphatic rings. The van der Waals surface area contributed by atoms with Crippen molar-refractivity contribution < 1.29 is 14.2 Å². The van der Waals surface area contributed by atoms with Gasteiger partial charge in [0.05, 0.1) is 18.2 Å². The average molecular weight is 243 g/mol. The van der Waals surface area contributed by atoms with Crippen LogP contribution in [0.1, 0.15) is 25.5 Å². The van der Waals surface area contributed by atoms with Crippen molar-refractivity contribution in [1.82, 2.24) is 0 Å². The highest BCUT2D eigenvalue weighted by Gasteiger charge is 2.33. The number of methoxy groups -OCH3 is 1. The van der Waals surface area contributed by atoms with E-state index in [4.69, 9.17) is 25.8 Å². The molecule has 4 heteroatoms. The summed E-state index contributed by atoms with van der Waals surface area (Å²) in [5.74, 6) is 0.662. The Kier molecular flexibility index (Phi) is 3.38. The third-order valence-corrected chi connectivity index (χ3v) is 3.09. The van der Waals surface area contributed by atoms with Crippen molar-refractivity contribution in [2.45, 2.75) is 32.3 Å². The normalized spacial score (nSPS) is 29.4. The summed E-state index contributed by atoms with van der Waals surface area (Å²) in [4.78, 5) is 0. The molecule has 0 saturated carbocycles. The molecule has 0 radical (unpaired) electrons. The first-order valence-corrected chi connectivity index (χ1v) is 5.64. The largest absolute Gasteiger partial charge is 0.495 e. The first kappa shape index (κ1) is 11.7. The Balaban J connectivity index is 2.33. The fourth-order valence-corrected chi connectivity index (χ4v) is 2.26. The second-order valence-corrected chi connectivity index (χ2v) is 4.21. The van der Waals surface area contributed by atoms with Gasteiger partial charge in [-0.2, -0.15) is 0 Å². The maximum atomic E-state index is 6.24. The zero-order valence-electron chi connectivity index (χ0n) is 9.57. The molecule has 3 atom stereocenters. The first-order valence-electron chi connectivity index (χ1n) is 5.26. The Morgan fingerprint density at radius 3 is 2.56 bits per heavy atom. The predicted molar refractivity (Wildman–Crippen MR) is 61.8 cm³/mol. The molecule has 0 aromatic heterocycles. The van der Waals surface area contributed by atoms with Crippen LogP contribution in [0.5, 0.6) is 5.75 Å². The highest BCUT2D eigenvalue weighted by atomic mass is 35.5. The molecule has 1 aromatic rings. The molecule has 0 N–H and O–H groups in total. The van der Waals surface area contributed by atoms with Crippen molar-refractivity contribution >= 4 is 11.6 Å². The summed E-state index contributed by atoms with van der Waals surface area (Å²) in [7, 11) is 1.60. The molecule has 0 spiro atoms. The van der Waals surface area contributed by atoms with E-state index in [1.54, 1.807) is 7.11 Å². The van der Waals surface area contributed by atoms with Gasteiger partial charge in [0.15, 0.2) is 6.29 Å². The Bertz CT molecular complexity index is 381. The Hall–Kier alpha value is -0.770. The molecule has 0 bridgehead atoms. The van der Waals surface area contributed by atoms with E-state index in [1.165, 1.54) is 0 Å². The number of halogens is 1. The lowest BCUT2D eigenvalue weighted by atomic mass is 10.1. The molecule has 0 unspecified atom stereocenters. The Morgan fingerprint density at radius 2 is 2.00 bits per heavy atom. The number of rotatable bonds is 2. The van der Waals surface area contributed by atoms with Crippen LogP contribution >= 0.6 is 11.6 Å². The van der Waals surface area contributed by atoms with Crippen molar-refractivity contribution in [3.63, 3.8) is 0 Å². The molecule has 0 aliphatic carbocycles. The molecule has 1 aliphatic heterocycles. The van der Waals surface area contributed by atoms with E-state index in [9.17, 15) is 0 Å². The lowest BCUT2D eigenvalue weighted by Crippen LogP contribution is -2.11. The predicted octanol–water partition coefficient (Wildman–Crippen LogP) is 3.17. The van der Waals surface area contributed by atoms with Crippen LogP contribution in [0, 0.1) is 0 Å². The van der Waals surface area contributed by atoms with E-state index in [0.717, 1.165) is 5.56 Å². The summed E-state index contributed by atoms with van der Waals surface area (Å²) >= 11 is 6.24. The van der Waals surface area contributed by atoms with Crippen LogP contribution in [0.25, 0.3) is 0 Å². The molecule has 2 rings (SSSR count). The van der Waals surface area contributed by atoms with Crippen LogP contribution in [0.2, 0.25) is 5.02 Å². The molecule has 16 heavy (non-hydrogen) atoms. The Labute approximate surface area is 100 Å². The second kappa shape index (κ2) is 4.62. The van der Waals surface area contributed by atoms with Gasteiger partial charge in [0, 0.05) is 5.56 Å². The van der Waals surface area contributed by atoms with Gasteiger partial charge < -0.3 is 14.2 Å². The quantitative estimate of drug-likeness (QED) is 0.797. The van der Waals surface area contributed by atoms with Crippen LogP contribution in [0.3, 0.4) is 0 Å². The molecular weight excluding hydrogens is 228 g/mol. The fourth-order valence-electron chi connectivity index (χ4n) is 1.95. The highest BCUT2D eigenvalue weighted by Crippen LogP contribution is 2.39. The van der Waals surface area contributed by atoms with E-state index in [0.29, 0.717) is 10.8 Å². The third-order valence-electron chi connectivity index (χ3n) is 2.69. The summed E-state index contributed by atoms with van der Waals surface area (Å²) in [6, 6.07) is 5.67. The van der Waals surface area contributed by atoms with Gasteiger partial charge in [0.2, 0.25) is 0 Å². The average Bonchev–Trinajstić information content (AvgIpc) is 2.58. The van der Waals surface area contributed by atoms with E-state index in [-0.39, 0.29) is 18.5 Å². The minimum atomic E-state index is -0.192. The van der Waals surface area contributed by atoms with Gasteiger partial charge in [-0.15, -0.1) is 0 Å². The van der Waals surface area contributed by atoms with Gasteiger partial charge in [-0.3, -0.25) is 0 Å². The monoisotopic (exact) mass is 242 g/mol. The number of benzene rings is 1. The van der Waals surface area contributed by atoms with E-state index >= 15 is 0 Å². The first-order chi connectivity index (χ1) is 7.63. The highest BCUT2D eigenvalue weighted by molar-refractivity contribution is 6.32. The van der Waals surface area contributed by atoms with Crippen LogP contribution in [-0.4, -0.2) is 19.5 Å². The van der Waals surface area contributed by atoms with Crippen molar-refractivity contribution in [1.29, 1.82) is 0 Å². The van der Waals surface area contributed by atoms with Crippen LogP contribution in [0.4, 0.5) is 0 Å². The topological polar surface area (TPSA) is 27.7 Å². The second-order valence-electron chi connectivity index (χ2n) is 3.83. The van der Waals surface area contributed by atoms with E-state index < -0.39 is 0 Å². The number of hydrogen-bond donors (Lipinski definition) is 0. The molecule has 1 heterocycles. The third kappa shape index (κ3) is 2.03. The molecule has 3 nitrogen and oxygen atoms in total. The van der Waals surface area contributed by atoms with Gasteiger partial charge in [-0.25, -0.2) is 0 Å². The molecular formula is C12H15ClO3. The minimum absolute atomic E-state index is 0.000365. The summed E-state index contributed by atoms with van der Waals surface area (Å²) < 4.78 is 16.4. The maximum Gasteiger partial charge on any atom is 0.156 e. The zero-order chi connectivity index (χ0) is 11.7. The van der Waals surface area contributed by atoms with Crippen molar-refractivity contribution in [2.75, 3.05) is 7.11 Å². The SMILES string of the molecule is COc1cccc([C@@H]2O[C@H](C)O[C@@H]2C)c1Cl. The van der Waals surface area contributed by atoms with Gasteiger partial charge in [-0.05, 0) is 19.9 Å². The van der Waals surface area contributed by atoms with Crippen molar-refractivity contribution in [3.8, 4) is 5.75 Å². The van der Waals surface area contributed by atoms with Gasteiger partial charge in [0.25, 0.3) is 0 Å². The molecule has 0 amide bonds. The lowest BCUT2D eigenvalue weighted by molar-refractivity contribution is -0.0494. The summed E-state index contributed by atoms with van der Waals surface area (Å²) in [5.41, 5.74) is 0.915. The zero-order valence-corrected chi connectivity index (χ0v) is 10.3. The lowest BCUT2D eigenvalue weighted by Gasteiger charge is -2.16. The maximum absolute atomic E-state index is 6.24. The van der Waals surface area contributed by atoms with Crippen molar-refractivity contribution in [2.24, 2.45) is 0 Å². The van der Waals surface area contributed by atoms with Gasteiger partial charge in [0.1, 0.15) is 11.9 Å². The van der Waals surface area contributed by atoms with E-state index in [1.807, 2.05) is 32.0 Å². The summed E-state index contributed by atoms with van der Waals surface area (Å²) in [6.07, 6.45) is -0.320. The van der Waals surface area contributed by atoms with Crippen LogP contribution in [0.15, 0.2) is 18.2 Å².